The van der Waals surface area contributed by atoms with E-state index in [-0.39, 0.29) is 5.91 Å². The lowest BCUT2D eigenvalue weighted by Crippen LogP contribution is -2.33. The van der Waals surface area contributed by atoms with Gasteiger partial charge in [-0.3, -0.25) is 4.79 Å². The maximum atomic E-state index is 11.6. The Bertz CT molecular complexity index is 272. The van der Waals surface area contributed by atoms with E-state index in [4.69, 9.17) is 4.74 Å². The predicted molar refractivity (Wildman–Crippen MR) is 71.4 cm³/mol. The first-order valence-electron chi connectivity index (χ1n) is 6.47. The molecule has 0 rings (SSSR count). The van der Waals surface area contributed by atoms with Gasteiger partial charge >= 0.3 is 6.09 Å². The molecule has 5 nitrogen and oxygen atoms in total. The molecule has 0 spiro atoms. The van der Waals surface area contributed by atoms with Crippen molar-refractivity contribution in [2.45, 2.75) is 52.6 Å². The van der Waals surface area contributed by atoms with Crippen LogP contribution in [0.25, 0.3) is 0 Å². The van der Waals surface area contributed by atoms with Crippen LogP contribution in [0.5, 0.6) is 0 Å². The summed E-state index contributed by atoms with van der Waals surface area (Å²) < 4.78 is 5.09. The Balaban J connectivity index is 3.68. The van der Waals surface area contributed by atoms with Crippen molar-refractivity contribution in [3.05, 3.63) is 0 Å². The van der Waals surface area contributed by atoms with Crippen molar-refractivity contribution in [3.8, 4) is 0 Å². The second-order valence-electron chi connectivity index (χ2n) is 5.35. The van der Waals surface area contributed by atoms with Crippen LogP contribution >= 0.6 is 0 Å². The van der Waals surface area contributed by atoms with Crippen molar-refractivity contribution in [3.63, 3.8) is 0 Å². The summed E-state index contributed by atoms with van der Waals surface area (Å²) in [4.78, 5) is 24.6. The first-order valence-corrected chi connectivity index (χ1v) is 6.47. The summed E-state index contributed by atoms with van der Waals surface area (Å²) in [6.07, 6.45) is 1.61. The van der Waals surface area contributed by atoms with E-state index in [1.807, 2.05) is 27.7 Å². The zero-order valence-corrected chi connectivity index (χ0v) is 12.2. The van der Waals surface area contributed by atoms with Gasteiger partial charge in [0.2, 0.25) is 5.91 Å². The van der Waals surface area contributed by atoms with Crippen molar-refractivity contribution in [2.24, 2.45) is 0 Å². The summed E-state index contributed by atoms with van der Waals surface area (Å²) in [5, 5.41) is 2.63. The lowest BCUT2D eigenvalue weighted by molar-refractivity contribution is -0.130. The number of hydrogen-bond acceptors (Lipinski definition) is 3. The maximum Gasteiger partial charge on any atom is 0.407 e. The van der Waals surface area contributed by atoms with Crippen molar-refractivity contribution in [1.29, 1.82) is 0 Å². The van der Waals surface area contributed by atoms with E-state index >= 15 is 0 Å². The van der Waals surface area contributed by atoms with Gasteiger partial charge in [0.15, 0.2) is 0 Å². The van der Waals surface area contributed by atoms with Gasteiger partial charge in [-0.25, -0.2) is 4.79 Å². The van der Waals surface area contributed by atoms with Crippen molar-refractivity contribution >= 4 is 12.0 Å². The molecule has 0 atom stereocenters. The minimum absolute atomic E-state index is 0.114. The number of rotatable bonds is 6. The Kier molecular flexibility index (Phi) is 7.39. The first-order chi connectivity index (χ1) is 8.26. The van der Waals surface area contributed by atoms with Gasteiger partial charge < -0.3 is 15.0 Å². The topological polar surface area (TPSA) is 58.6 Å². The van der Waals surface area contributed by atoms with Crippen molar-refractivity contribution in [2.75, 3.05) is 20.1 Å². The summed E-state index contributed by atoms with van der Waals surface area (Å²) in [5.74, 6) is 0.114. The van der Waals surface area contributed by atoms with Crippen LogP contribution in [0.2, 0.25) is 0 Å². The van der Waals surface area contributed by atoms with Gasteiger partial charge in [0, 0.05) is 26.6 Å². The van der Waals surface area contributed by atoms with E-state index in [2.05, 4.69) is 5.32 Å². The fraction of sp³-hybridized carbons (Fsp3) is 0.846. The van der Waals surface area contributed by atoms with E-state index in [1.54, 1.807) is 11.9 Å². The van der Waals surface area contributed by atoms with E-state index in [1.165, 1.54) is 0 Å². The third-order valence-electron chi connectivity index (χ3n) is 2.22. The highest BCUT2D eigenvalue weighted by Crippen LogP contribution is 2.06. The number of amides is 2. The molecule has 0 aliphatic carbocycles. The Hall–Kier alpha value is -1.26. The smallest absolute Gasteiger partial charge is 0.407 e. The van der Waals surface area contributed by atoms with Crippen LogP contribution in [0.15, 0.2) is 0 Å². The van der Waals surface area contributed by atoms with Crippen LogP contribution in [0.1, 0.15) is 47.0 Å². The number of carbonyl (C=O) groups excluding carboxylic acids is 2. The summed E-state index contributed by atoms with van der Waals surface area (Å²) in [7, 11) is 1.80. The molecule has 0 heterocycles. The number of nitrogens with one attached hydrogen (secondary N) is 1. The van der Waals surface area contributed by atoms with Crippen LogP contribution < -0.4 is 5.32 Å². The average molecular weight is 258 g/mol. The molecule has 0 bridgehead atoms. The van der Waals surface area contributed by atoms with E-state index in [9.17, 15) is 9.59 Å². The van der Waals surface area contributed by atoms with Gasteiger partial charge in [0.05, 0.1) is 0 Å². The standard InChI is InChI=1S/C13H26N2O3/c1-6-10-15(5)11(16)8-7-9-14-12(17)18-13(2,3)4/h6-10H2,1-5H3,(H,14,17). The zero-order valence-electron chi connectivity index (χ0n) is 12.2. The maximum absolute atomic E-state index is 11.6. The highest BCUT2D eigenvalue weighted by atomic mass is 16.6. The second kappa shape index (κ2) is 7.95. The predicted octanol–water partition coefficient (Wildman–Crippen LogP) is 2.16. The summed E-state index contributed by atoms with van der Waals surface area (Å²) in [5.41, 5.74) is -0.485. The Morgan fingerprint density at radius 2 is 1.89 bits per heavy atom. The molecule has 0 aromatic rings. The third kappa shape index (κ3) is 8.84. The number of hydrogen-bond donors (Lipinski definition) is 1. The highest BCUT2D eigenvalue weighted by molar-refractivity contribution is 5.75. The Labute approximate surface area is 110 Å². The van der Waals surface area contributed by atoms with Crippen LogP contribution in [-0.4, -0.2) is 42.6 Å². The Morgan fingerprint density at radius 3 is 2.39 bits per heavy atom. The molecular formula is C13H26N2O3. The molecule has 1 N–H and O–H groups in total. The second-order valence-corrected chi connectivity index (χ2v) is 5.35. The molecule has 0 radical (unpaired) electrons. The van der Waals surface area contributed by atoms with Gasteiger partial charge in [0.25, 0.3) is 0 Å². The van der Waals surface area contributed by atoms with Gasteiger partial charge in [-0.1, -0.05) is 6.92 Å². The number of alkyl carbamates (subject to hydrolysis) is 1. The third-order valence-corrected chi connectivity index (χ3v) is 2.22. The Morgan fingerprint density at radius 1 is 1.28 bits per heavy atom. The fourth-order valence-corrected chi connectivity index (χ4v) is 1.40. The molecule has 0 aliphatic rings. The molecule has 2 amide bonds. The molecule has 0 saturated heterocycles. The van der Waals surface area contributed by atoms with Crippen molar-refractivity contribution < 1.29 is 14.3 Å². The number of nitrogens with zero attached hydrogens (tertiary/aromatic N) is 1. The minimum atomic E-state index is -0.485. The summed E-state index contributed by atoms with van der Waals surface area (Å²) in [6, 6.07) is 0. The zero-order chi connectivity index (χ0) is 14.2. The van der Waals surface area contributed by atoms with E-state index in [0.29, 0.717) is 19.4 Å². The van der Waals surface area contributed by atoms with Crippen LogP contribution in [-0.2, 0) is 9.53 Å². The average Bonchev–Trinajstić information content (AvgIpc) is 2.21. The quantitative estimate of drug-likeness (QED) is 0.743. The summed E-state index contributed by atoms with van der Waals surface area (Å²) in [6.45, 7) is 8.72. The molecular weight excluding hydrogens is 232 g/mol. The lowest BCUT2D eigenvalue weighted by atomic mass is 10.2. The molecule has 5 heteroatoms. The number of ether oxygens (including phenoxy) is 1. The molecule has 106 valence electrons. The van der Waals surface area contributed by atoms with Gasteiger partial charge in [-0.15, -0.1) is 0 Å². The molecule has 0 unspecified atom stereocenters. The van der Waals surface area contributed by atoms with Crippen molar-refractivity contribution in [1.82, 2.24) is 10.2 Å². The SMILES string of the molecule is CCCN(C)C(=O)CCCNC(=O)OC(C)(C)C. The van der Waals surface area contributed by atoms with E-state index < -0.39 is 11.7 Å². The minimum Gasteiger partial charge on any atom is -0.444 e. The first kappa shape index (κ1) is 16.7. The van der Waals surface area contributed by atoms with Gasteiger partial charge in [-0.2, -0.15) is 0 Å². The molecule has 18 heavy (non-hydrogen) atoms. The normalized spacial score (nSPS) is 10.9. The van der Waals surface area contributed by atoms with Gasteiger partial charge in [0.1, 0.15) is 5.60 Å². The monoisotopic (exact) mass is 258 g/mol. The van der Waals surface area contributed by atoms with Crippen LogP contribution in [0.3, 0.4) is 0 Å². The molecule has 0 aromatic heterocycles. The lowest BCUT2D eigenvalue weighted by Gasteiger charge is -2.20. The molecule has 0 aliphatic heterocycles. The molecule has 0 fully saturated rings. The molecule has 0 aromatic carbocycles. The van der Waals surface area contributed by atoms with Crippen LogP contribution in [0, 0.1) is 0 Å². The van der Waals surface area contributed by atoms with E-state index in [0.717, 1.165) is 13.0 Å². The number of carbonyl (C=O) groups is 2. The van der Waals surface area contributed by atoms with Gasteiger partial charge in [-0.05, 0) is 33.6 Å². The molecule has 0 saturated carbocycles. The summed E-state index contributed by atoms with van der Waals surface area (Å²) >= 11 is 0. The highest BCUT2D eigenvalue weighted by Gasteiger charge is 2.15. The fourth-order valence-electron chi connectivity index (χ4n) is 1.40. The largest absolute Gasteiger partial charge is 0.444 e. The van der Waals surface area contributed by atoms with Crippen LogP contribution in [0.4, 0.5) is 4.79 Å².